The summed E-state index contributed by atoms with van der Waals surface area (Å²) >= 11 is 0. The largest absolute Gasteiger partial charge is 0.330 e. The predicted molar refractivity (Wildman–Crippen MR) is 53.8 cm³/mol. The molecule has 0 bridgehead atoms. The van der Waals surface area contributed by atoms with E-state index in [1.165, 1.54) is 7.05 Å². The van der Waals surface area contributed by atoms with Crippen LogP contribution in [0.2, 0.25) is 0 Å². The van der Waals surface area contributed by atoms with E-state index in [-0.39, 0.29) is 0 Å². The first-order valence-electron chi connectivity index (χ1n) is 4.67. The van der Waals surface area contributed by atoms with Crippen LogP contribution in [0, 0.1) is 5.41 Å². The van der Waals surface area contributed by atoms with E-state index >= 15 is 0 Å². The van der Waals surface area contributed by atoms with E-state index in [0.717, 1.165) is 4.90 Å². The van der Waals surface area contributed by atoms with Crippen LogP contribution in [0.4, 0.5) is 4.79 Å². The van der Waals surface area contributed by atoms with Crippen molar-refractivity contribution in [2.24, 2.45) is 5.41 Å². The lowest BCUT2D eigenvalue weighted by molar-refractivity contribution is -0.148. The zero-order valence-electron chi connectivity index (χ0n) is 9.09. The Hall–Kier alpha value is -1.65. The second kappa shape index (κ2) is 3.49. The molecule has 0 spiro atoms. The molecule has 1 atom stereocenters. The van der Waals surface area contributed by atoms with Crippen molar-refractivity contribution in [3.8, 4) is 0 Å². The van der Waals surface area contributed by atoms with Crippen molar-refractivity contribution in [3.63, 3.8) is 0 Å². The van der Waals surface area contributed by atoms with Crippen LogP contribution in [0.1, 0.15) is 20.3 Å². The van der Waals surface area contributed by atoms with Crippen LogP contribution in [0.15, 0.2) is 12.2 Å². The smallest absolute Gasteiger partial charge is 0.276 e. The van der Waals surface area contributed by atoms with Gasteiger partial charge < -0.3 is 0 Å². The van der Waals surface area contributed by atoms with Gasteiger partial charge in [-0.2, -0.15) is 0 Å². The second-order valence-corrected chi connectivity index (χ2v) is 3.66. The van der Waals surface area contributed by atoms with Gasteiger partial charge in [-0.3, -0.25) is 19.8 Å². The highest BCUT2D eigenvalue weighted by atomic mass is 16.2. The summed E-state index contributed by atoms with van der Waals surface area (Å²) in [7, 11) is 1.34. The number of nitrogens with zero attached hydrogens (tertiary/aromatic N) is 1. The third kappa shape index (κ3) is 1.35. The molecule has 5 heteroatoms. The lowest BCUT2D eigenvalue weighted by Gasteiger charge is -2.37. The van der Waals surface area contributed by atoms with Crippen molar-refractivity contribution in [1.29, 1.82) is 0 Å². The average Bonchev–Trinajstić information content (AvgIpc) is 2.15. The molecule has 0 saturated carbocycles. The number of rotatable bonds is 2. The molecule has 1 fully saturated rings. The molecule has 4 amide bonds. The van der Waals surface area contributed by atoms with E-state index in [0.29, 0.717) is 12.0 Å². The summed E-state index contributed by atoms with van der Waals surface area (Å²) in [6.07, 6.45) is 0.296. The maximum absolute atomic E-state index is 11.9. The summed E-state index contributed by atoms with van der Waals surface area (Å²) < 4.78 is 0. The Morgan fingerprint density at radius 3 is 2.40 bits per heavy atom. The molecular weight excluding hydrogens is 196 g/mol. The highest BCUT2D eigenvalue weighted by Crippen LogP contribution is 2.34. The second-order valence-electron chi connectivity index (χ2n) is 3.66. The molecule has 0 aliphatic carbocycles. The topological polar surface area (TPSA) is 66.5 Å². The van der Waals surface area contributed by atoms with Gasteiger partial charge in [0.15, 0.2) is 0 Å². The van der Waals surface area contributed by atoms with Crippen molar-refractivity contribution in [3.05, 3.63) is 12.2 Å². The zero-order valence-corrected chi connectivity index (χ0v) is 9.09. The molecule has 1 N–H and O–H groups in total. The van der Waals surface area contributed by atoms with Gasteiger partial charge in [-0.05, 0) is 13.3 Å². The normalized spacial score (nSPS) is 26.6. The Balaban J connectivity index is 3.27. The minimum Gasteiger partial charge on any atom is -0.276 e. The maximum Gasteiger partial charge on any atom is 0.330 e. The van der Waals surface area contributed by atoms with E-state index in [1.54, 1.807) is 13.8 Å². The van der Waals surface area contributed by atoms with Gasteiger partial charge in [0.1, 0.15) is 5.41 Å². The summed E-state index contributed by atoms with van der Waals surface area (Å²) in [5, 5.41) is 2.15. The number of amides is 4. The van der Waals surface area contributed by atoms with Crippen LogP contribution in [-0.4, -0.2) is 29.8 Å². The fourth-order valence-electron chi connectivity index (χ4n) is 1.75. The summed E-state index contributed by atoms with van der Waals surface area (Å²) in [6.45, 7) is 7.00. The highest BCUT2D eigenvalue weighted by molar-refractivity contribution is 6.20. The first-order valence-corrected chi connectivity index (χ1v) is 4.67. The molecule has 1 rings (SSSR count). The van der Waals surface area contributed by atoms with Gasteiger partial charge >= 0.3 is 6.03 Å². The molecule has 1 saturated heterocycles. The predicted octanol–water partition coefficient (Wildman–Crippen LogP) is 0.667. The summed E-state index contributed by atoms with van der Waals surface area (Å²) in [5.41, 5.74) is -0.838. The summed E-state index contributed by atoms with van der Waals surface area (Å²) in [6, 6.07) is -0.685. The van der Waals surface area contributed by atoms with Crippen molar-refractivity contribution >= 4 is 17.8 Å². The number of urea groups is 1. The number of hydrogen-bond donors (Lipinski definition) is 1. The third-order valence-corrected chi connectivity index (χ3v) is 2.84. The molecule has 15 heavy (non-hydrogen) atoms. The van der Waals surface area contributed by atoms with E-state index in [4.69, 9.17) is 0 Å². The summed E-state index contributed by atoms with van der Waals surface area (Å²) in [4.78, 5) is 35.7. The minimum atomic E-state index is -1.29. The number of hydrogen-bond acceptors (Lipinski definition) is 3. The van der Waals surface area contributed by atoms with E-state index in [9.17, 15) is 14.4 Å². The van der Waals surface area contributed by atoms with Crippen LogP contribution in [-0.2, 0) is 9.59 Å². The molecule has 0 aromatic heterocycles. The molecule has 1 aliphatic heterocycles. The maximum atomic E-state index is 11.9. The molecule has 0 aromatic carbocycles. The Morgan fingerprint density at radius 1 is 1.47 bits per heavy atom. The molecular formula is C10H14N2O3. The Morgan fingerprint density at radius 2 is 2.00 bits per heavy atom. The van der Waals surface area contributed by atoms with E-state index in [2.05, 4.69) is 11.9 Å². The Bertz CT molecular complexity index is 362. The highest BCUT2D eigenvalue weighted by Gasteiger charge is 2.52. The van der Waals surface area contributed by atoms with Gasteiger partial charge in [0, 0.05) is 7.05 Å². The number of barbiturate groups is 1. The van der Waals surface area contributed by atoms with E-state index in [1.807, 2.05) is 0 Å². The van der Waals surface area contributed by atoms with Crippen molar-refractivity contribution < 1.29 is 14.4 Å². The minimum absolute atomic E-state index is 0.296. The van der Waals surface area contributed by atoms with Crippen LogP contribution in [0.3, 0.4) is 0 Å². The number of imide groups is 2. The van der Waals surface area contributed by atoms with E-state index < -0.39 is 23.3 Å². The Kier molecular flexibility index (Phi) is 2.66. The van der Waals surface area contributed by atoms with Gasteiger partial charge in [-0.1, -0.05) is 19.1 Å². The monoisotopic (exact) mass is 210 g/mol. The van der Waals surface area contributed by atoms with Gasteiger partial charge in [0.05, 0.1) is 0 Å². The lowest BCUT2D eigenvalue weighted by Crippen LogP contribution is -2.62. The van der Waals surface area contributed by atoms with Gasteiger partial charge in [0.25, 0.3) is 0 Å². The van der Waals surface area contributed by atoms with Gasteiger partial charge in [-0.25, -0.2) is 4.79 Å². The third-order valence-electron chi connectivity index (χ3n) is 2.84. The molecule has 0 aromatic rings. The molecule has 1 heterocycles. The molecule has 0 radical (unpaired) electrons. The average molecular weight is 210 g/mol. The molecule has 5 nitrogen and oxygen atoms in total. The number of carbonyl (C=O) groups excluding carboxylic acids is 3. The molecule has 1 aliphatic rings. The van der Waals surface area contributed by atoms with Crippen molar-refractivity contribution in [1.82, 2.24) is 10.2 Å². The van der Waals surface area contributed by atoms with Crippen LogP contribution >= 0.6 is 0 Å². The van der Waals surface area contributed by atoms with Crippen LogP contribution in [0.5, 0.6) is 0 Å². The number of nitrogens with one attached hydrogen (secondary N) is 1. The van der Waals surface area contributed by atoms with Crippen molar-refractivity contribution in [2.75, 3.05) is 7.05 Å². The fraction of sp³-hybridized carbons (Fsp3) is 0.500. The van der Waals surface area contributed by atoms with Gasteiger partial charge in [0.2, 0.25) is 11.8 Å². The Labute approximate surface area is 88.1 Å². The number of carbonyl (C=O) groups is 3. The SMILES string of the molecule is C=C(C)[C@@]1(CC)C(=O)NC(=O)N(C)C1=O. The molecule has 82 valence electrons. The first kappa shape index (κ1) is 11.4. The lowest BCUT2D eigenvalue weighted by atomic mass is 9.76. The summed E-state index contributed by atoms with van der Waals surface area (Å²) in [5.74, 6) is -1.09. The molecule has 0 unspecified atom stereocenters. The quantitative estimate of drug-likeness (QED) is 0.538. The first-order chi connectivity index (χ1) is 6.87. The van der Waals surface area contributed by atoms with Gasteiger partial charge in [-0.15, -0.1) is 0 Å². The zero-order chi connectivity index (χ0) is 11.8. The fourth-order valence-corrected chi connectivity index (χ4v) is 1.75. The van der Waals surface area contributed by atoms with Crippen LogP contribution < -0.4 is 5.32 Å². The standard InChI is InChI=1S/C10H14N2O3/c1-5-10(6(2)3)7(13)11-9(15)12(4)8(10)14/h2,5H2,1,3-4H3,(H,11,13,15)/t10-/m0/s1. The van der Waals surface area contributed by atoms with Crippen molar-refractivity contribution in [2.45, 2.75) is 20.3 Å². The van der Waals surface area contributed by atoms with Crippen LogP contribution in [0.25, 0.3) is 0 Å².